The van der Waals surface area contributed by atoms with Crippen LogP contribution in [0.3, 0.4) is 0 Å². The van der Waals surface area contributed by atoms with Gasteiger partial charge in [0.05, 0.1) is 6.54 Å². The van der Waals surface area contributed by atoms with E-state index >= 15 is 0 Å². The molecule has 108 valence electrons. The highest BCUT2D eigenvalue weighted by molar-refractivity contribution is 5.92. The Labute approximate surface area is 119 Å². The summed E-state index contributed by atoms with van der Waals surface area (Å²) in [4.78, 5) is 25.5. The van der Waals surface area contributed by atoms with Gasteiger partial charge in [0.15, 0.2) is 0 Å². The van der Waals surface area contributed by atoms with Crippen molar-refractivity contribution in [3.05, 3.63) is 30.3 Å². The number of hydrogen-bond donors (Lipinski definition) is 2. The molecule has 1 aromatic rings. The third kappa shape index (κ3) is 4.26. The van der Waals surface area contributed by atoms with Crippen LogP contribution in [0.4, 0.5) is 10.5 Å². The first-order chi connectivity index (χ1) is 9.65. The number of para-hydroxylation sites is 1. The zero-order chi connectivity index (χ0) is 14.4. The molecule has 1 aliphatic heterocycles. The van der Waals surface area contributed by atoms with Gasteiger partial charge in [-0.1, -0.05) is 25.1 Å². The highest BCUT2D eigenvalue weighted by atomic mass is 16.2. The van der Waals surface area contributed by atoms with E-state index in [0.29, 0.717) is 11.6 Å². The summed E-state index contributed by atoms with van der Waals surface area (Å²) in [6.07, 6.45) is 2.22. The van der Waals surface area contributed by atoms with Gasteiger partial charge in [-0.3, -0.25) is 4.79 Å². The monoisotopic (exact) mass is 275 g/mol. The Bertz CT molecular complexity index is 461. The highest BCUT2D eigenvalue weighted by Crippen LogP contribution is 2.15. The van der Waals surface area contributed by atoms with E-state index in [1.807, 2.05) is 23.1 Å². The van der Waals surface area contributed by atoms with Gasteiger partial charge in [0.25, 0.3) is 0 Å². The molecular formula is C15H21N3O2. The van der Waals surface area contributed by atoms with E-state index in [1.54, 1.807) is 12.1 Å². The van der Waals surface area contributed by atoms with Crippen LogP contribution < -0.4 is 10.6 Å². The summed E-state index contributed by atoms with van der Waals surface area (Å²) in [6.45, 7) is 3.78. The maximum atomic E-state index is 12.0. The van der Waals surface area contributed by atoms with Gasteiger partial charge in [0.1, 0.15) is 0 Å². The Morgan fingerprint density at radius 3 is 2.75 bits per heavy atom. The quantitative estimate of drug-likeness (QED) is 0.887. The van der Waals surface area contributed by atoms with Crippen LogP contribution in [0.1, 0.15) is 19.8 Å². The number of rotatable bonds is 3. The number of carbonyl (C=O) groups is 2. The Hall–Kier alpha value is -2.04. The standard InChI is InChI=1S/C15H21N3O2/c1-12-6-5-9-18(11-12)14(19)10-16-15(20)17-13-7-3-2-4-8-13/h2-4,7-8,12H,5-6,9-11H2,1H3,(H2,16,17,20). The van der Waals surface area contributed by atoms with Gasteiger partial charge in [0, 0.05) is 18.8 Å². The highest BCUT2D eigenvalue weighted by Gasteiger charge is 2.20. The molecule has 1 unspecified atom stereocenters. The number of nitrogens with zero attached hydrogens (tertiary/aromatic N) is 1. The number of hydrogen-bond acceptors (Lipinski definition) is 2. The normalized spacial score (nSPS) is 18.4. The van der Waals surface area contributed by atoms with Gasteiger partial charge in [-0.15, -0.1) is 0 Å². The first kappa shape index (κ1) is 14.4. The lowest BCUT2D eigenvalue weighted by atomic mass is 10.0. The molecule has 0 bridgehead atoms. The first-order valence-electron chi connectivity index (χ1n) is 7.03. The molecule has 0 aromatic heterocycles. The molecule has 1 saturated heterocycles. The number of urea groups is 1. The van der Waals surface area contributed by atoms with Crippen molar-refractivity contribution in [1.82, 2.24) is 10.2 Å². The van der Waals surface area contributed by atoms with Crippen LogP contribution in [0.2, 0.25) is 0 Å². The SMILES string of the molecule is CC1CCCN(C(=O)CNC(=O)Nc2ccccc2)C1. The average molecular weight is 275 g/mol. The number of piperidine rings is 1. The largest absolute Gasteiger partial charge is 0.341 e. The van der Waals surface area contributed by atoms with Crippen LogP contribution in [0.25, 0.3) is 0 Å². The molecule has 2 N–H and O–H groups in total. The lowest BCUT2D eigenvalue weighted by Crippen LogP contribution is -2.45. The molecule has 0 radical (unpaired) electrons. The van der Waals surface area contributed by atoms with Crippen LogP contribution >= 0.6 is 0 Å². The number of benzene rings is 1. The van der Waals surface area contributed by atoms with Gasteiger partial charge >= 0.3 is 6.03 Å². The summed E-state index contributed by atoms with van der Waals surface area (Å²) in [5.74, 6) is 0.533. The molecule has 5 nitrogen and oxygen atoms in total. The van der Waals surface area contributed by atoms with E-state index in [-0.39, 0.29) is 18.5 Å². The number of nitrogens with one attached hydrogen (secondary N) is 2. The van der Waals surface area contributed by atoms with E-state index in [2.05, 4.69) is 17.6 Å². The topological polar surface area (TPSA) is 61.4 Å². The first-order valence-corrected chi connectivity index (χ1v) is 7.03. The molecule has 3 amide bonds. The number of likely N-dealkylation sites (tertiary alicyclic amines) is 1. The average Bonchev–Trinajstić information content (AvgIpc) is 2.46. The summed E-state index contributed by atoms with van der Waals surface area (Å²) < 4.78 is 0. The zero-order valence-electron chi connectivity index (χ0n) is 11.8. The van der Waals surface area contributed by atoms with Crippen molar-refractivity contribution in [2.24, 2.45) is 5.92 Å². The third-order valence-corrected chi connectivity index (χ3v) is 3.44. The van der Waals surface area contributed by atoms with Gasteiger partial charge in [-0.2, -0.15) is 0 Å². The zero-order valence-corrected chi connectivity index (χ0v) is 11.8. The van der Waals surface area contributed by atoms with Crippen LogP contribution in [-0.4, -0.2) is 36.5 Å². The Kier molecular flexibility index (Phi) is 4.98. The van der Waals surface area contributed by atoms with Crippen LogP contribution in [0, 0.1) is 5.92 Å². The van der Waals surface area contributed by atoms with Crippen LogP contribution in [-0.2, 0) is 4.79 Å². The van der Waals surface area contributed by atoms with Gasteiger partial charge in [0.2, 0.25) is 5.91 Å². The lowest BCUT2D eigenvalue weighted by molar-refractivity contribution is -0.131. The Morgan fingerprint density at radius 2 is 2.05 bits per heavy atom. The van der Waals surface area contributed by atoms with Crippen molar-refractivity contribution in [3.63, 3.8) is 0 Å². The van der Waals surface area contributed by atoms with E-state index in [4.69, 9.17) is 0 Å². The van der Waals surface area contributed by atoms with Crippen molar-refractivity contribution >= 4 is 17.6 Å². The fourth-order valence-electron chi connectivity index (χ4n) is 2.38. The predicted molar refractivity (Wildman–Crippen MR) is 78.4 cm³/mol. The van der Waals surface area contributed by atoms with E-state index in [9.17, 15) is 9.59 Å². The van der Waals surface area contributed by atoms with E-state index in [0.717, 1.165) is 19.5 Å². The molecule has 0 aliphatic carbocycles. The summed E-state index contributed by atoms with van der Waals surface area (Å²) in [6, 6.07) is 8.81. The molecule has 1 aromatic carbocycles. The Morgan fingerprint density at radius 1 is 1.30 bits per heavy atom. The fraction of sp³-hybridized carbons (Fsp3) is 0.467. The lowest BCUT2D eigenvalue weighted by Gasteiger charge is -2.31. The molecule has 1 aliphatic rings. The van der Waals surface area contributed by atoms with Crippen molar-refractivity contribution < 1.29 is 9.59 Å². The molecule has 1 atom stereocenters. The summed E-state index contributed by atoms with van der Waals surface area (Å²) >= 11 is 0. The van der Waals surface area contributed by atoms with E-state index in [1.165, 1.54) is 6.42 Å². The number of anilines is 1. The van der Waals surface area contributed by atoms with Gasteiger partial charge in [-0.25, -0.2) is 4.79 Å². The second-order valence-corrected chi connectivity index (χ2v) is 5.26. The Balaban J connectivity index is 1.74. The smallest absolute Gasteiger partial charge is 0.319 e. The van der Waals surface area contributed by atoms with Gasteiger partial charge in [-0.05, 0) is 30.9 Å². The molecule has 0 spiro atoms. The minimum atomic E-state index is -0.352. The minimum absolute atomic E-state index is 0.0141. The summed E-state index contributed by atoms with van der Waals surface area (Å²) in [5.41, 5.74) is 0.712. The second kappa shape index (κ2) is 6.93. The number of carbonyl (C=O) groups excluding carboxylic acids is 2. The summed E-state index contributed by atoms with van der Waals surface area (Å²) in [7, 11) is 0. The summed E-state index contributed by atoms with van der Waals surface area (Å²) in [5, 5.41) is 5.29. The van der Waals surface area contributed by atoms with Crippen molar-refractivity contribution in [2.45, 2.75) is 19.8 Å². The molecule has 0 saturated carbocycles. The molecule has 5 heteroatoms. The van der Waals surface area contributed by atoms with Crippen LogP contribution in [0.5, 0.6) is 0 Å². The van der Waals surface area contributed by atoms with Crippen molar-refractivity contribution in [1.29, 1.82) is 0 Å². The molecule has 1 fully saturated rings. The van der Waals surface area contributed by atoms with Gasteiger partial charge < -0.3 is 15.5 Å². The maximum Gasteiger partial charge on any atom is 0.319 e. The molecule has 2 rings (SSSR count). The van der Waals surface area contributed by atoms with Crippen molar-refractivity contribution in [3.8, 4) is 0 Å². The second-order valence-electron chi connectivity index (χ2n) is 5.26. The van der Waals surface area contributed by atoms with Crippen molar-refractivity contribution in [2.75, 3.05) is 25.0 Å². The fourth-order valence-corrected chi connectivity index (χ4v) is 2.38. The molecule has 20 heavy (non-hydrogen) atoms. The van der Waals surface area contributed by atoms with E-state index < -0.39 is 0 Å². The maximum absolute atomic E-state index is 12.0. The molecule has 1 heterocycles. The number of amides is 3. The minimum Gasteiger partial charge on any atom is -0.341 e. The van der Waals surface area contributed by atoms with Crippen LogP contribution in [0.15, 0.2) is 30.3 Å². The third-order valence-electron chi connectivity index (χ3n) is 3.44. The predicted octanol–water partition coefficient (Wildman–Crippen LogP) is 2.07. The molecular weight excluding hydrogens is 254 g/mol.